The van der Waals surface area contributed by atoms with Crippen molar-refractivity contribution in [3.8, 4) is 0 Å². The first kappa shape index (κ1) is 13.4. The Morgan fingerprint density at radius 3 is 2.44 bits per heavy atom. The lowest BCUT2D eigenvalue weighted by Gasteiger charge is -2.26. The zero-order valence-electron chi connectivity index (χ0n) is 9.37. The number of benzene rings is 1. The van der Waals surface area contributed by atoms with E-state index in [2.05, 4.69) is 5.32 Å². The fourth-order valence-corrected chi connectivity index (χ4v) is 3.33. The maximum absolute atomic E-state index is 12.5. The first-order valence-electron chi connectivity index (χ1n) is 5.37. The van der Waals surface area contributed by atoms with E-state index in [0.29, 0.717) is 13.1 Å². The van der Waals surface area contributed by atoms with Crippen molar-refractivity contribution in [1.82, 2.24) is 5.32 Å². The van der Waals surface area contributed by atoms with Gasteiger partial charge < -0.3 is 5.32 Å². The third-order valence-electron chi connectivity index (χ3n) is 2.87. The summed E-state index contributed by atoms with van der Waals surface area (Å²) in [4.78, 5) is 0. The molecule has 1 aromatic rings. The maximum atomic E-state index is 12.5. The summed E-state index contributed by atoms with van der Waals surface area (Å²) in [6, 6.07) is 4.45. The molecule has 1 heterocycles. The molecule has 0 radical (unpaired) electrons. The molecule has 1 aliphatic heterocycles. The lowest BCUT2D eigenvalue weighted by molar-refractivity contribution is -0.137. The van der Waals surface area contributed by atoms with Gasteiger partial charge in [0.05, 0.1) is 16.6 Å². The SMILES string of the molecule is O=S(=O)(Cc1cccc(C(F)(F)F)c1)C1CNC1. The molecular weight excluding hydrogens is 267 g/mol. The number of halogens is 3. The van der Waals surface area contributed by atoms with E-state index in [9.17, 15) is 21.6 Å². The Hall–Kier alpha value is -1.08. The van der Waals surface area contributed by atoms with Crippen LogP contribution in [0.25, 0.3) is 0 Å². The van der Waals surface area contributed by atoms with Crippen LogP contribution in [0.2, 0.25) is 0 Å². The molecule has 0 spiro atoms. The fraction of sp³-hybridized carbons (Fsp3) is 0.455. The Morgan fingerprint density at radius 1 is 1.28 bits per heavy atom. The van der Waals surface area contributed by atoms with E-state index in [-0.39, 0.29) is 11.3 Å². The molecule has 1 aromatic carbocycles. The quantitative estimate of drug-likeness (QED) is 0.914. The Morgan fingerprint density at radius 2 is 1.94 bits per heavy atom. The number of hydrogen-bond acceptors (Lipinski definition) is 3. The van der Waals surface area contributed by atoms with Crippen molar-refractivity contribution < 1.29 is 21.6 Å². The summed E-state index contributed by atoms with van der Waals surface area (Å²) in [5.74, 6) is -0.344. The molecule has 1 N–H and O–H groups in total. The Kier molecular flexibility index (Phi) is 3.37. The van der Waals surface area contributed by atoms with Gasteiger partial charge >= 0.3 is 6.18 Å². The second kappa shape index (κ2) is 4.55. The number of nitrogens with one attached hydrogen (secondary N) is 1. The third kappa shape index (κ3) is 2.84. The number of alkyl halides is 3. The van der Waals surface area contributed by atoms with Crippen LogP contribution in [0.1, 0.15) is 11.1 Å². The van der Waals surface area contributed by atoms with Crippen molar-refractivity contribution in [1.29, 1.82) is 0 Å². The normalized spacial score (nSPS) is 17.5. The Labute approximate surface area is 103 Å². The molecule has 1 fully saturated rings. The van der Waals surface area contributed by atoms with E-state index in [1.165, 1.54) is 12.1 Å². The van der Waals surface area contributed by atoms with Gasteiger partial charge in [-0.25, -0.2) is 8.42 Å². The van der Waals surface area contributed by atoms with Gasteiger partial charge in [-0.15, -0.1) is 0 Å². The molecule has 1 aliphatic rings. The molecule has 100 valence electrons. The first-order chi connectivity index (χ1) is 8.29. The summed E-state index contributed by atoms with van der Waals surface area (Å²) < 4.78 is 61.1. The van der Waals surface area contributed by atoms with Gasteiger partial charge in [0.2, 0.25) is 0 Å². The molecule has 0 saturated carbocycles. The van der Waals surface area contributed by atoms with E-state index in [1.807, 2.05) is 0 Å². The molecule has 0 unspecified atom stereocenters. The van der Waals surface area contributed by atoms with Crippen LogP contribution in [0.15, 0.2) is 24.3 Å². The topological polar surface area (TPSA) is 46.2 Å². The molecule has 2 rings (SSSR count). The highest BCUT2D eigenvalue weighted by molar-refractivity contribution is 7.91. The first-order valence-corrected chi connectivity index (χ1v) is 7.09. The molecule has 0 atom stereocenters. The molecular formula is C11H12F3NO2S. The number of rotatable bonds is 3. The van der Waals surface area contributed by atoms with Crippen molar-refractivity contribution in [2.75, 3.05) is 13.1 Å². The van der Waals surface area contributed by atoms with Crippen LogP contribution in [-0.2, 0) is 21.8 Å². The van der Waals surface area contributed by atoms with Gasteiger partial charge in [0.25, 0.3) is 0 Å². The van der Waals surface area contributed by atoms with Gasteiger partial charge in [-0.1, -0.05) is 18.2 Å². The van der Waals surface area contributed by atoms with Gasteiger partial charge in [0.1, 0.15) is 0 Å². The van der Waals surface area contributed by atoms with Gasteiger partial charge in [0.15, 0.2) is 9.84 Å². The highest BCUT2D eigenvalue weighted by Crippen LogP contribution is 2.30. The molecule has 18 heavy (non-hydrogen) atoms. The highest BCUT2D eigenvalue weighted by atomic mass is 32.2. The van der Waals surface area contributed by atoms with E-state index >= 15 is 0 Å². The second-order valence-corrected chi connectivity index (χ2v) is 6.57. The van der Waals surface area contributed by atoms with Crippen LogP contribution in [0.4, 0.5) is 13.2 Å². The van der Waals surface area contributed by atoms with Crippen LogP contribution < -0.4 is 5.32 Å². The van der Waals surface area contributed by atoms with Crippen LogP contribution in [0.3, 0.4) is 0 Å². The van der Waals surface area contributed by atoms with E-state index in [0.717, 1.165) is 12.1 Å². The van der Waals surface area contributed by atoms with Crippen molar-refractivity contribution in [3.05, 3.63) is 35.4 Å². The van der Waals surface area contributed by atoms with Gasteiger partial charge in [-0.05, 0) is 11.6 Å². The fourth-order valence-electron chi connectivity index (χ4n) is 1.70. The molecule has 0 aromatic heterocycles. The zero-order valence-corrected chi connectivity index (χ0v) is 10.2. The van der Waals surface area contributed by atoms with Crippen LogP contribution in [0.5, 0.6) is 0 Å². The summed E-state index contributed by atoms with van der Waals surface area (Å²) in [6.45, 7) is 0.753. The highest BCUT2D eigenvalue weighted by Gasteiger charge is 2.33. The van der Waals surface area contributed by atoms with Gasteiger partial charge in [-0.3, -0.25) is 0 Å². The van der Waals surface area contributed by atoms with Crippen molar-refractivity contribution in [2.45, 2.75) is 17.2 Å². The second-order valence-electron chi connectivity index (χ2n) is 4.29. The monoisotopic (exact) mass is 279 g/mol. The predicted octanol–water partition coefficient (Wildman–Crippen LogP) is 1.59. The zero-order chi connectivity index (χ0) is 13.4. The van der Waals surface area contributed by atoms with Crippen LogP contribution >= 0.6 is 0 Å². The minimum Gasteiger partial charge on any atom is -0.314 e. The smallest absolute Gasteiger partial charge is 0.314 e. The molecule has 7 heteroatoms. The van der Waals surface area contributed by atoms with Crippen molar-refractivity contribution >= 4 is 9.84 Å². The summed E-state index contributed by atoms with van der Waals surface area (Å²) in [6.07, 6.45) is -4.45. The van der Waals surface area contributed by atoms with E-state index in [4.69, 9.17) is 0 Å². The molecule has 3 nitrogen and oxygen atoms in total. The van der Waals surface area contributed by atoms with E-state index < -0.39 is 26.8 Å². The molecule has 0 bridgehead atoms. The average Bonchev–Trinajstić information content (AvgIpc) is 2.11. The number of hydrogen-bond donors (Lipinski definition) is 1. The van der Waals surface area contributed by atoms with Crippen LogP contribution in [-0.4, -0.2) is 26.8 Å². The largest absolute Gasteiger partial charge is 0.416 e. The van der Waals surface area contributed by atoms with Crippen molar-refractivity contribution in [2.24, 2.45) is 0 Å². The van der Waals surface area contributed by atoms with Crippen molar-refractivity contribution in [3.63, 3.8) is 0 Å². The Bertz CT molecular complexity index is 535. The lowest BCUT2D eigenvalue weighted by atomic mass is 10.1. The minimum atomic E-state index is -4.45. The summed E-state index contributed by atoms with van der Waals surface area (Å²) in [7, 11) is -3.37. The minimum absolute atomic E-state index is 0.178. The molecule has 0 aliphatic carbocycles. The standard InChI is InChI=1S/C11H12F3NO2S/c12-11(13,14)9-3-1-2-8(4-9)7-18(16,17)10-5-15-6-10/h1-4,10,15H,5-7H2. The lowest BCUT2D eigenvalue weighted by Crippen LogP contribution is -2.51. The number of sulfone groups is 1. The Balaban J connectivity index is 2.19. The molecule has 0 amide bonds. The summed E-state index contributed by atoms with van der Waals surface area (Å²) >= 11 is 0. The summed E-state index contributed by atoms with van der Waals surface area (Å²) in [5, 5.41) is 2.35. The summed E-state index contributed by atoms with van der Waals surface area (Å²) in [5.41, 5.74) is -0.640. The predicted molar refractivity (Wildman–Crippen MR) is 60.7 cm³/mol. The van der Waals surface area contributed by atoms with Crippen LogP contribution in [0, 0.1) is 0 Å². The van der Waals surface area contributed by atoms with Gasteiger partial charge in [-0.2, -0.15) is 13.2 Å². The van der Waals surface area contributed by atoms with Gasteiger partial charge in [0, 0.05) is 13.1 Å². The maximum Gasteiger partial charge on any atom is 0.416 e. The average molecular weight is 279 g/mol. The molecule has 1 saturated heterocycles. The van der Waals surface area contributed by atoms with E-state index in [1.54, 1.807) is 0 Å². The third-order valence-corrected chi connectivity index (χ3v) is 4.96.